The Morgan fingerprint density at radius 1 is 0.454 bits per heavy atom. The molecule has 0 bridgehead atoms. The topological polar surface area (TPSA) is 43.4 Å². The Balaban J connectivity index is 0.000000538. The van der Waals surface area contributed by atoms with Crippen LogP contribution in [0.4, 0.5) is 0 Å². The van der Waals surface area contributed by atoms with Gasteiger partial charge in [0.25, 0.3) is 0 Å². The van der Waals surface area contributed by atoms with Crippen LogP contribution in [-0.2, 0) is 24.0 Å². The van der Waals surface area contributed by atoms with Crippen molar-refractivity contribution in [2.45, 2.75) is 87.0 Å². The van der Waals surface area contributed by atoms with Gasteiger partial charge in [0.15, 0.2) is 0 Å². The molecule has 12 aromatic rings. The van der Waals surface area contributed by atoms with Crippen LogP contribution in [0.1, 0.15) is 135 Å². The van der Waals surface area contributed by atoms with Crippen molar-refractivity contribution >= 4 is 196 Å². The molecule has 0 radical (unpaired) electrons. The van der Waals surface area contributed by atoms with Crippen molar-refractivity contribution in [3.63, 3.8) is 0 Å². The molecular formula is C81H89LiO3S12. The van der Waals surface area contributed by atoms with Crippen LogP contribution < -0.4 is 18.9 Å². The molecule has 0 unspecified atom stereocenters. The zero-order valence-corrected chi connectivity index (χ0v) is 66.9. The fourth-order valence-electron chi connectivity index (χ4n) is 6.82. The third-order valence-electron chi connectivity index (χ3n) is 11.5. The van der Waals surface area contributed by atoms with Crippen LogP contribution in [0.5, 0.6) is 0 Å². The monoisotopic (exact) mass is 1500 g/mol. The summed E-state index contributed by atoms with van der Waals surface area (Å²) in [5, 5.41) is 18.7. The summed E-state index contributed by atoms with van der Waals surface area (Å²) in [5.41, 5.74) is 2.48. The molecule has 0 atom stereocenters. The first-order valence-electron chi connectivity index (χ1n) is 30.4. The predicted molar refractivity (Wildman–Crippen MR) is 451 cm³/mol. The van der Waals surface area contributed by atoms with Gasteiger partial charge < -0.3 is 16.1 Å². The number of rotatable bonds is 17. The van der Waals surface area contributed by atoms with Gasteiger partial charge >= 0.3 is 30.8 Å². The maximum Gasteiger partial charge on any atom is 1.00 e. The summed E-state index contributed by atoms with van der Waals surface area (Å²) in [4.78, 5) is 40.9. The molecule has 0 N–H and O–H groups in total. The predicted octanol–water partition coefficient (Wildman–Crippen LogP) is 27.0. The SMILES string of the molecule is C/C=C/c1cccs1.C=C(C)c1cccs1.C=CCc1cccs1.C=Cc1ccc(C)s1.C=Cc1ccc(C)s1.C=Cc1ccc(CCC)s1.C=Cc1ccc(CCCC)s1.C=Cc1cccs1.C=Cc1sccc1C.O=C(OC(=O)c1cccs1)c1cccs1.[Li+].[c-]1cccs1. The first-order valence-corrected chi connectivity index (χ1v) is 40.7. The van der Waals surface area contributed by atoms with Gasteiger partial charge in [-0.15, -0.1) is 137 Å². The van der Waals surface area contributed by atoms with Crippen molar-refractivity contribution < 1.29 is 33.2 Å². The van der Waals surface area contributed by atoms with Gasteiger partial charge in [0, 0.05) is 63.4 Å². The van der Waals surface area contributed by atoms with E-state index >= 15 is 0 Å². The normalized spacial score (nSPS) is 9.31. The van der Waals surface area contributed by atoms with Gasteiger partial charge in [-0.3, -0.25) is 0 Å². The average molecular weight is 1500 g/mol. The van der Waals surface area contributed by atoms with E-state index in [1.54, 1.807) is 126 Å². The molecule has 0 spiro atoms. The summed E-state index contributed by atoms with van der Waals surface area (Å²) in [6, 6.07) is 46.2. The minimum Gasteiger partial charge on any atom is -0.384 e. The second-order valence-electron chi connectivity index (χ2n) is 19.3. The van der Waals surface area contributed by atoms with Gasteiger partial charge in [-0.1, -0.05) is 158 Å². The molecule has 3 nitrogen and oxygen atoms in total. The molecule has 504 valence electrons. The van der Waals surface area contributed by atoms with Crippen molar-refractivity contribution in [1.29, 1.82) is 0 Å². The Labute approximate surface area is 640 Å². The molecule has 0 aliphatic carbocycles. The zero-order valence-electron chi connectivity index (χ0n) is 57.1. The Hall–Kier alpha value is -6.20. The molecule has 0 aliphatic rings. The Bertz CT molecular complexity index is 3800. The number of aryl methyl sites for hydroxylation is 5. The van der Waals surface area contributed by atoms with Crippen LogP contribution in [0.3, 0.4) is 0 Å². The molecule has 0 fully saturated rings. The summed E-state index contributed by atoms with van der Waals surface area (Å²) < 4.78 is 4.68. The number of ether oxygens (including phenoxy) is 1. The standard InChI is InChI=1S/C10H6O3S2.C10H14S.C9H12S.6C7H8S.C6H6S.C4H3S.Li/c11-9(7-3-1-5-14-7)13-10(12)8-4-2-6-15-8;1-3-5-6-10-8-7-9(4-2)11-10;1-3-5-9-7-6-8(4-2)10-9;1-6(2)7-4-3-5-8-7;1-3-7-6(2)4-5-8-7;2*1-3-7-5-4-6(2)8-7;2*1-2-4-7-5-3-6-8-7;1-2-6-4-3-5-7-6;1-2-4-5-3-1;/h1-6H;4,7-8H,2-3,5-6H2,1H3;4,6-7H,2-3,5H2,1H3;4*3-5H,1H2,2H3;2-6H,1H3;2-3,5-6H,1,4H2;2-5H,1H2;1-3H;/q;;;;;;;;;;-1;+1/b;;;;;;;4-2+;;;;. The van der Waals surface area contributed by atoms with E-state index in [0.29, 0.717) is 9.75 Å². The van der Waals surface area contributed by atoms with Crippen molar-refractivity contribution in [2.75, 3.05) is 0 Å². The van der Waals surface area contributed by atoms with Crippen LogP contribution >= 0.6 is 136 Å². The van der Waals surface area contributed by atoms with E-state index in [0.717, 1.165) is 12.0 Å². The number of esters is 2. The molecule has 16 heteroatoms. The third-order valence-corrected chi connectivity index (χ3v) is 22.7. The van der Waals surface area contributed by atoms with Crippen LogP contribution in [0.15, 0.2) is 247 Å². The number of allylic oxidation sites excluding steroid dienone is 3. The number of carbonyl (C=O) groups is 2. The second kappa shape index (κ2) is 57.7. The summed E-state index contributed by atoms with van der Waals surface area (Å²) in [6.07, 6.45) is 24.6. The number of hydrogen-bond donors (Lipinski definition) is 0. The van der Waals surface area contributed by atoms with E-state index in [-0.39, 0.29) is 18.9 Å². The van der Waals surface area contributed by atoms with E-state index in [2.05, 4.69) is 210 Å². The number of thiophene rings is 12. The quantitative estimate of drug-likeness (QED) is 0.0300. The molecule has 0 amide bonds. The fraction of sp³-hybridized carbons (Fsp3) is 0.160. The second-order valence-corrected chi connectivity index (χ2v) is 31.8. The number of unbranched alkanes of at least 4 members (excludes halogenated alkanes) is 1. The summed E-state index contributed by atoms with van der Waals surface area (Å²) in [6.45, 7) is 44.3. The van der Waals surface area contributed by atoms with Gasteiger partial charge in [-0.05, 0) is 206 Å². The maximum atomic E-state index is 11.4. The van der Waals surface area contributed by atoms with Gasteiger partial charge in [0.1, 0.15) is 9.75 Å². The molecule has 0 aromatic carbocycles. The molecule has 97 heavy (non-hydrogen) atoms. The van der Waals surface area contributed by atoms with Gasteiger partial charge in [0.2, 0.25) is 0 Å². The van der Waals surface area contributed by atoms with Gasteiger partial charge in [-0.25, -0.2) is 15.7 Å². The van der Waals surface area contributed by atoms with E-state index in [1.807, 2.05) is 126 Å². The van der Waals surface area contributed by atoms with E-state index in [4.69, 9.17) is 0 Å². The van der Waals surface area contributed by atoms with Crippen LogP contribution in [-0.4, -0.2) is 11.9 Å². The Morgan fingerprint density at radius 3 is 1.21 bits per heavy atom. The van der Waals surface area contributed by atoms with Gasteiger partial charge in [0.05, 0.1) is 0 Å². The van der Waals surface area contributed by atoms with Crippen molar-refractivity contribution in [3.8, 4) is 0 Å². The Morgan fingerprint density at radius 2 is 0.918 bits per heavy atom. The fourth-order valence-corrected chi connectivity index (χ4v) is 15.1. The van der Waals surface area contributed by atoms with Crippen LogP contribution in [0, 0.1) is 26.2 Å². The van der Waals surface area contributed by atoms with Crippen molar-refractivity contribution in [1.82, 2.24) is 0 Å². The van der Waals surface area contributed by atoms with E-state index in [9.17, 15) is 9.59 Å². The molecule has 12 aromatic heterocycles. The largest absolute Gasteiger partial charge is 1.00 e. The Kier molecular flexibility index (Phi) is 52.8. The molecule has 0 saturated carbocycles. The smallest absolute Gasteiger partial charge is 0.384 e. The minimum atomic E-state index is -0.594. The van der Waals surface area contributed by atoms with Crippen LogP contribution in [0.2, 0.25) is 0 Å². The number of hydrogen-bond acceptors (Lipinski definition) is 15. The summed E-state index contributed by atoms with van der Waals surface area (Å²) in [5.74, 6) is -1.19. The first-order chi connectivity index (χ1) is 46.6. The van der Waals surface area contributed by atoms with E-state index in [1.165, 1.54) is 124 Å². The van der Waals surface area contributed by atoms with Crippen molar-refractivity contribution in [2.24, 2.45) is 0 Å². The molecular weight excluding hydrogens is 1410 g/mol. The van der Waals surface area contributed by atoms with E-state index < -0.39 is 11.9 Å². The van der Waals surface area contributed by atoms with Crippen LogP contribution in [0.25, 0.3) is 48.1 Å². The molecule has 0 saturated heterocycles. The molecule has 0 aliphatic heterocycles. The minimum absolute atomic E-state index is 0. The maximum absolute atomic E-state index is 11.4. The molecule has 12 rings (SSSR count). The summed E-state index contributed by atoms with van der Waals surface area (Å²) in [7, 11) is 0. The average Bonchev–Trinajstić information content (AvgIpc) is 2.09. The summed E-state index contributed by atoms with van der Waals surface area (Å²) >= 11 is 20.0. The van der Waals surface area contributed by atoms with Gasteiger partial charge in [-0.2, -0.15) is 11.4 Å². The van der Waals surface area contributed by atoms with Crippen molar-refractivity contribution in [3.05, 3.63) is 331 Å². The first kappa shape index (κ1) is 88.8. The molecule has 12 heterocycles. The number of carbonyl (C=O) groups excluding carboxylic acids is 2. The third kappa shape index (κ3) is 42.4. The zero-order chi connectivity index (χ0) is 70.4.